The van der Waals surface area contributed by atoms with Crippen LogP contribution in [0, 0.1) is 12.8 Å². The Hall–Kier alpha value is -1.55. The number of benzene rings is 1. The van der Waals surface area contributed by atoms with E-state index in [4.69, 9.17) is 4.74 Å². The van der Waals surface area contributed by atoms with Crippen LogP contribution in [0.4, 0.5) is 5.69 Å². The molecule has 1 heterocycles. The Kier molecular flexibility index (Phi) is 4.43. The fraction of sp³-hybridized carbons (Fsp3) is 0.533. The molecule has 4 nitrogen and oxygen atoms in total. The molecule has 1 aromatic carbocycles. The number of carbonyl (C=O) groups is 1. The average Bonchev–Trinajstić information content (AvgIpc) is 2.41. The van der Waals surface area contributed by atoms with Crippen LogP contribution < -0.4 is 15.4 Å². The van der Waals surface area contributed by atoms with Crippen molar-refractivity contribution in [2.24, 2.45) is 5.92 Å². The van der Waals surface area contributed by atoms with Gasteiger partial charge in [0.05, 0.1) is 18.8 Å². The maximum Gasteiger partial charge on any atom is 0.241 e. The summed E-state index contributed by atoms with van der Waals surface area (Å²) in [5, 5.41) is 6.25. The van der Waals surface area contributed by atoms with E-state index in [1.54, 1.807) is 7.11 Å². The van der Waals surface area contributed by atoms with Crippen LogP contribution in [0.15, 0.2) is 18.2 Å². The molecule has 0 radical (unpaired) electrons. The Bertz CT molecular complexity index is 459. The highest BCUT2D eigenvalue weighted by atomic mass is 16.5. The van der Waals surface area contributed by atoms with E-state index in [0.29, 0.717) is 11.7 Å². The van der Waals surface area contributed by atoms with E-state index >= 15 is 0 Å². The first kappa shape index (κ1) is 13.9. The largest absolute Gasteiger partial charge is 0.495 e. The number of hydrogen-bond acceptors (Lipinski definition) is 3. The first-order valence-corrected chi connectivity index (χ1v) is 6.80. The quantitative estimate of drug-likeness (QED) is 0.879. The molecular weight excluding hydrogens is 240 g/mol. The molecule has 1 saturated heterocycles. The van der Waals surface area contributed by atoms with E-state index in [-0.39, 0.29) is 11.9 Å². The molecule has 2 N–H and O–H groups in total. The minimum absolute atomic E-state index is 0.0225. The van der Waals surface area contributed by atoms with Gasteiger partial charge in [-0.2, -0.15) is 0 Å². The Morgan fingerprint density at radius 1 is 1.47 bits per heavy atom. The molecule has 2 atom stereocenters. The predicted molar refractivity (Wildman–Crippen MR) is 76.5 cm³/mol. The number of carbonyl (C=O) groups excluding carboxylic acids is 1. The van der Waals surface area contributed by atoms with E-state index in [2.05, 4.69) is 17.6 Å². The molecule has 0 aliphatic carbocycles. The van der Waals surface area contributed by atoms with Crippen molar-refractivity contribution in [3.8, 4) is 5.75 Å². The Balaban J connectivity index is 2.10. The van der Waals surface area contributed by atoms with Gasteiger partial charge in [0.2, 0.25) is 5.91 Å². The van der Waals surface area contributed by atoms with Crippen molar-refractivity contribution in [1.29, 1.82) is 0 Å². The van der Waals surface area contributed by atoms with Gasteiger partial charge in [0.1, 0.15) is 5.75 Å². The third kappa shape index (κ3) is 3.26. The molecule has 1 aliphatic heterocycles. The van der Waals surface area contributed by atoms with Crippen molar-refractivity contribution in [2.45, 2.75) is 32.7 Å². The van der Waals surface area contributed by atoms with Crippen LogP contribution in [0.3, 0.4) is 0 Å². The van der Waals surface area contributed by atoms with Crippen LogP contribution >= 0.6 is 0 Å². The van der Waals surface area contributed by atoms with Crippen molar-refractivity contribution in [3.63, 3.8) is 0 Å². The normalized spacial score (nSPS) is 22.9. The third-order valence-corrected chi connectivity index (χ3v) is 3.67. The zero-order valence-electron chi connectivity index (χ0n) is 11.8. The van der Waals surface area contributed by atoms with Gasteiger partial charge in [-0.1, -0.05) is 13.0 Å². The van der Waals surface area contributed by atoms with Crippen LogP contribution in [-0.2, 0) is 4.79 Å². The lowest BCUT2D eigenvalue weighted by Crippen LogP contribution is -2.48. The highest BCUT2D eigenvalue weighted by Crippen LogP contribution is 2.26. The summed E-state index contributed by atoms with van der Waals surface area (Å²) in [5.41, 5.74) is 1.84. The minimum atomic E-state index is -0.111. The zero-order chi connectivity index (χ0) is 13.8. The van der Waals surface area contributed by atoms with E-state index in [1.807, 2.05) is 25.1 Å². The molecule has 1 amide bonds. The number of anilines is 1. The summed E-state index contributed by atoms with van der Waals surface area (Å²) < 4.78 is 5.31. The second kappa shape index (κ2) is 6.06. The third-order valence-electron chi connectivity index (χ3n) is 3.67. The average molecular weight is 262 g/mol. The maximum absolute atomic E-state index is 12.3. The highest BCUT2D eigenvalue weighted by Gasteiger charge is 2.27. The molecule has 19 heavy (non-hydrogen) atoms. The minimum Gasteiger partial charge on any atom is -0.495 e. The second-order valence-corrected chi connectivity index (χ2v) is 5.24. The molecule has 0 spiro atoms. The van der Waals surface area contributed by atoms with Gasteiger partial charge >= 0.3 is 0 Å². The lowest BCUT2D eigenvalue weighted by atomic mass is 9.92. The number of aryl methyl sites for hydroxylation is 1. The maximum atomic E-state index is 12.3. The van der Waals surface area contributed by atoms with Gasteiger partial charge in [0.25, 0.3) is 0 Å². The van der Waals surface area contributed by atoms with Gasteiger partial charge in [0, 0.05) is 0 Å². The van der Waals surface area contributed by atoms with Gasteiger partial charge in [-0.25, -0.2) is 0 Å². The zero-order valence-corrected chi connectivity index (χ0v) is 11.8. The fourth-order valence-electron chi connectivity index (χ4n) is 2.51. The van der Waals surface area contributed by atoms with E-state index < -0.39 is 0 Å². The molecule has 1 aromatic rings. The lowest BCUT2D eigenvalue weighted by molar-refractivity contribution is -0.119. The summed E-state index contributed by atoms with van der Waals surface area (Å²) in [5.74, 6) is 1.09. The van der Waals surface area contributed by atoms with Crippen LogP contribution in [0.5, 0.6) is 5.75 Å². The van der Waals surface area contributed by atoms with Gasteiger partial charge in [0.15, 0.2) is 0 Å². The first-order valence-electron chi connectivity index (χ1n) is 6.80. The number of hydrogen-bond donors (Lipinski definition) is 2. The summed E-state index contributed by atoms with van der Waals surface area (Å²) in [7, 11) is 1.62. The molecule has 0 aromatic heterocycles. The number of ether oxygens (including phenoxy) is 1. The van der Waals surface area contributed by atoms with Crippen molar-refractivity contribution in [3.05, 3.63) is 23.8 Å². The van der Waals surface area contributed by atoms with Crippen molar-refractivity contribution >= 4 is 11.6 Å². The summed E-state index contributed by atoms with van der Waals surface area (Å²) in [6, 6.07) is 5.67. The molecule has 4 heteroatoms. The Morgan fingerprint density at radius 3 is 2.95 bits per heavy atom. The van der Waals surface area contributed by atoms with Crippen LogP contribution in [-0.4, -0.2) is 25.6 Å². The topological polar surface area (TPSA) is 50.4 Å². The van der Waals surface area contributed by atoms with Crippen molar-refractivity contribution in [1.82, 2.24) is 5.32 Å². The first-order chi connectivity index (χ1) is 9.11. The SMILES string of the molecule is COc1cc(C)ccc1NC(=O)C1NCCCC1C. The Morgan fingerprint density at radius 2 is 2.26 bits per heavy atom. The predicted octanol–water partition coefficient (Wildman–Crippen LogP) is 2.33. The van der Waals surface area contributed by atoms with E-state index in [1.165, 1.54) is 0 Å². The van der Waals surface area contributed by atoms with Gasteiger partial charge in [-0.3, -0.25) is 4.79 Å². The summed E-state index contributed by atoms with van der Waals surface area (Å²) in [6.07, 6.45) is 2.23. The standard InChI is InChI=1S/C15H22N2O2/c1-10-6-7-12(13(9-10)19-3)17-15(18)14-11(2)5-4-8-16-14/h6-7,9,11,14,16H,4-5,8H2,1-3H3,(H,17,18). The molecule has 104 valence electrons. The molecule has 1 fully saturated rings. The lowest BCUT2D eigenvalue weighted by Gasteiger charge is -2.29. The number of methoxy groups -OCH3 is 1. The molecular formula is C15H22N2O2. The van der Waals surface area contributed by atoms with Crippen molar-refractivity contribution in [2.75, 3.05) is 19.0 Å². The van der Waals surface area contributed by atoms with Gasteiger partial charge < -0.3 is 15.4 Å². The van der Waals surface area contributed by atoms with Crippen molar-refractivity contribution < 1.29 is 9.53 Å². The number of nitrogens with one attached hydrogen (secondary N) is 2. The van der Waals surface area contributed by atoms with E-state index in [9.17, 15) is 4.79 Å². The van der Waals surface area contributed by atoms with Crippen LogP contribution in [0.25, 0.3) is 0 Å². The van der Waals surface area contributed by atoms with Crippen LogP contribution in [0.1, 0.15) is 25.3 Å². The fourth-order valence-corrected chi connectivity index (χ4v) is 2.51. The number of piperidine rings is 1. The summed E-state index contributed by atoms with van der Waals surface area (Å²) >= 11 is 0. The Labute approximate surface area is 114 Å². The summed E-state index contributed by atoms with van der Waals surface area (Å²) in [6.45, 7) is 5.02. The van der Waals surface area contributed by atoms with E-state index in [0.717, 1.165) is 30.6 Å². The highest BCUT2D eigenvalue weighted by molar-refractivity contribution is 5.96. The molecule has 1 aliphatic rings. The molecule has 2 rings (SSSR count). The summed E-state index contributed by atoms with van der Waals surface area (Å²) in [4.78, 5) is 12.3. The molecule has 0 bridgehead atoms. The monoisotopic (exact) mass is 262 g/mol. The smallest absolute Gasteiger partial charge is 0.241 e. The van der Waals surface area contributed by atoms with Gasteiger partial charge in [-0.15, -0.1) is 0 Å². The van der Waals surface area contributed by atoms with Crippen LogP contribution in [0.2, 0.25) is 0 Å². The number of rotatable bonds is 3. The molecule has 2 unspecified atom stereocenters. The molecule has 0 saturated carbocycles. The number of amides is 1. The van der Waals surface area contributed by atoms with Gasteiger partial charge in [-0.05, 0) is 49.9 Å². The second-order valence-electron chi connectivity index (χ2n) is 5.24.